The fraction of sp³-hybridized carbons (Fsp3) is 0.571. The van der Waals surface area contributed by atoms with Crippen LogP contribution in [0.1, 0.15) is 24.4 Å². The highest BCUT2D eigenvalue weighted by molar-refractivity contribution is 6.36. The first-order valence-electron chi connectivity index (χ1n) is 6.58. The van der Waals surface area contributed by atoms with Gasteiger partial charge in [-0.25, -0.2) is 0 Å². The fourth-order valence-electron chi connectivity index (χ4n) is 2.66. The van der Waals surface area contributed by atoms with Crippen molar-refractivity contribution in [3.05, 3.63) is 33.8 Å². The van der Waals surface area contributed by atoms with Gasteiger partial charge in [0.05, 0.1) is 0 Å². The Morgan fingerprint density at radius 1 is 1.32 bits per heavy atom. The predicted octanol–water partition coefficient (Wildman–Crippen LogP) is 3.10. The van der Waals surface area contributed by atoms with Crippen LogP contribution < -0.4 is 5.73 Å². The van der Waals surface area contributed by atoms with Crippen LogP contribution in [0.2, 0.25) is 10.0 Å². The van der Waals surface area contributed by atoms with E-state index >= 15 is 0 Å². The minimum atomic E-state index is 0.0456. The lowest BCUT2D eigenvalue weighted by atomic mass is 10.0. The molecule has 1 aromatic carbocycles. The van der Waals surface area contributed by atoms with Gasteiger partial charge in [-0.3, -0.25) is 4.90 Å². The summed E-state index contributed by atoms with van der Waals surface area (Å²) in [5.74, 6) is 0. The lowest BCUT2D eigenvalue weighted by Crippen LogP contribution is -2.41. The van der Waals surface area contributed by atoms with E-state index in [1.54, 1.807) is 0 Å². The summed E-state index contributed by atoms with van der Waals surface area (Å²) in [6.45, 7) is 2.11. The Labute approximate surface area is 124 Å². The van der Waals surface area contributed by atoms with Crippen LogP contribution in [0.3, 0.4) is 0 Å². The summed E-state index contributed by atoms with van der Waals surface area (Å²) in [4.78, 5) is 2.29. The van der Waals surface area contributed by atoms with Crippen molar-refractivity contribution in [2.75, 3.05) is 26.8 Å². The highest BCUT2D eigenvalue weighted by atomic mass is 35.5. The Morgan fingerprint density at radius 2 is 1.89 bits per heavy atom. The number of nitrogens with zero attached hydrogens (tertiary/aromatic N) is 1. The molecule has 2 N–H and O–H groups in total. The Hall–Kier alpha value is -0.320. The smallest absolute Gasteiger partial charge is 0.0499 e. The second-order valence-corrected chi connectivity index (χ2v) is 5.71. The normalized spacial score (nSPS) is 18.8. The van der Waals surface area contributed by atoms with Crippen molar-refractivity contribution in [3.63, 3.8) is 0 Å². The zero-order valence-electron chi connectivity index (χ0n) is 11.1. The third kappa shape index (κ3) is 3.41. The lowest BCUT2D eigenvalue weighted by molar-refractivity contribution is 0.0294. The van der Waals surface area contributed by atoms with E-state index in [0.29, 0.717) is 22.6 Å². The van der Waals surface area contributed by atoms with Gasteiger partial charge in [0.15, 0.2) is 0 Å². The molecule has 0 radical (unpaired) electrons. The second kappa shape index (κ2) is 6.91. The van der Waals surface area contributed by atoms with Gasteiger partial charge in [-0.05, 0) is 32.0 Å². The molecule has 19 heavy (non-hydrogen) atoms. The molecule has 5 heteroatoms. The number of likely N-dealkylation sites (N-methyl/N-ethyl adjacent to an activating group) is 1. The van der Waals surface area contributed by atoms with E-state index in [2.05, 4.69) is 11.9 Å². The third-order valence-corrected chi connectivity index (χ3v) is 4.47. The third-order valence-electron chi connectivity index (χ3n) is 3.81. The van der Waals surface area contributed by atoms with Gasteiger partial charge >= 0.3 is 0 Å². The first-order chi connectivity index (χ1) is 9.15. The van der Waals surface area contributed by atoms with Gasteiger partial charge in [0.2, 0.25) is 0 Å². The van der Waals surface area contributed by atoms with Gasteiger partial charge < -0.3 is 10.5 Å². The van der Waals surface area contributed by atoms with Crippen LogP contribution in [0.4, 0.5) is 0 Å². The Bertz CT molecular complexity index is 402. The quantitative estimate of drug-likeness (QED) is 0.929. The van der Waals surface area contributed by atoms with Gasteiger partial charge in [0.1, 0.15) is 0 Å². The zero-order chi connectivity index (χ0) is 13.8. The average Bonchev–Trinajstić information content (AvgIpc) is 2.43. The first kappa shape index (κ1) is 15.1. The van der Waals surface area contributed by atoms with Crippen molar-refractivity contribution < 1.29 is 4.74 Å². The van der Waals surface area contributed by atoms with Crippen LogP contribution in [0.25, 0.3) is 0 Å². The van der Waals surface area contributed by atoms with Crippen molar-refractivity contribution in [2.45, 2.75) is 24.9 Å². The van der Waals surface area contributed by atoms with E-state index in [1.165, 1.54) is 0 Å². The van der Waals surface area contributed by atoms with Gasteiger partial charge in [-0.2, -0.15) is 0 Å². The fourth-order valence-corrected chi connectivity index (χ4v) is 3.31. The highest BCUT2D eigenvalue weighted by Gasteiger charge is 2.27. The van der Waals surface area contributed by atoms with E-state index in [0.717, 1.165) is 31.6 Å². The van der Waals surface area contributed by atoms with Crippen molar-refractivity contribution in [2.24, 2.45) is 5.73 Å². The van der Waals surface area contributed by atoms with E-state index in [1.807, 2.05) is 18.2 Å². The molecule has 1 saturated heterocycles. The van der Waals surface area contributed by atoms with Crippen LogP contribution in [0.15, 0.2) is 18.2 Å². The number of rotatable bonds is 4. The summed E-state index contributed by atoms with van der Waals surface area (Å²) in [6, 6.07) is 6.10. The van der Waals surface area contributed by atoms with Crippen molar-refractivity contribution in [1.82, 2.24) is 4.90 Å². The van der Waals surface area contributed by atoms with Crippen LogP contribution in [0, 0.1) is 0 Å². The van der Waals surface area contributed by atoms with Crippen molar-refractivity contribution in [3.8, 4) is 0 Å². The molecule has 1 heterocycles. The number of ether oxygens (including phenoxy) is 1. The molecule has 0 amide bonds. The minimum absolute atomic E-state index is 0.0456. The predicted molar refractivity (Wildman–Crippen MR) is 79.9 cm³/mol. The molecule has 0 saturated carbocycles. The van der Waals surface area contributed by atoms with Gasteiger partial charge in [-0.15, -0.1) is 0 Å². The summed E-state index contributed by atoms with van der Waals surface area (Å²) >= 11 is 12.6. The molecule has 1 fully saturated rings. The van der Waals surface area contributed by atoms with E-state index < -0.39 is 0 Å². The second-order valence-electron chi connectivity index (χ2n) is 4.90. The van der Waals surface area contributed by atoms with Crippen LogP contribution in [-0.4, -0.2) is 37.7 Å². The maximum absolute atomic E-state index is 6.29. The summed E-state index contributed by atoms with van der Waals surface area (Å²) in [5.41, 5.74) is 6.89. The van der Waals surface area contributed by atoms with Gasteiger partial charge in [0, 0.05) is 47.5 Å². The zero-order valence-corrected chi connectivity index (χ0v) is 12.6. The molecular formula is C14H20Cl2N2O. The molecule has 2 rings (SSSR count). The number of benzene rings is 1. The number of hydrogen-bond donors (Lipinski definition) is 1. The Kier molecular flexibility index (Phi) is 5.48. The van der Waals surface area contributed by atoms with Crippen LogP contribution >= 0.6 is 23.2 Å². The number of halogens is 2. The molecule has 1 aliphatic heterocycles. The van der Waals surface area contributed by atoms with Gasteiger partial charge in [-0.1, -0.05) is 29.3 Å². The summed E-state index contributed by atoms with van der Waals surface area (Å²) < 4.78 is 5.41. The molecule has 0 spiro atoms. The number of hydrogen-bond acceptors (Lipinski definition) is 3. The van der Waals surface area contributed by atoms with E-state index in [-0.39, 0.29) is 6.04 Å². The first-order valence-corrected chi connectivity index (χ1v) is 7.34. The highest BCUT2D eigenvalue weighted by Crippen LogP contribution is 2.34. The van der Waals surface area contributed by atoms with Crippen LogP contribution in [-0.2, 0) is 4.74 Å². The maximum Gasteiger partial charge on any atom is 0.0499 e. The monoisotopic (exact) mass is 302 g/mol. The SMILES string of the molecule is CN(C1CCOCC1)C(CN)c1c(Cl)cccc1Cl. The molecular weight excluding hydrogens is 283 g/mol. The molecule has 0 aromatic heterocycles. The molecule has 1 aliphatic rings. The molecule has 106 valence electrons. The van der Waals surface area contributed by atoms with Crippen LogP contribution in [0.5, 0.6) is 0 Å². The molecule has 3 nitrogen and oxygen atoms in total. The molecule has 1 atom stereocenters. The van der Waals surface area contributed by atoms with Crippen molar-refractivity contribution >= 4 is 23.2 Å². The van der Waals surface area contributed by atoms with E-state index in [9.17, 15) is 0 Å². The number of nitrogens with two attached hydrogens (primary N) is 1. The topological polar surface area (TPSA) is 38.5 Å². The maximum atomic E-state index is 6.29. The molecule has 1 aromatic rings. The Balaban J connectivity index is 2.23. The largest absolute Gasteiger partial charge is 0.381 e. The lowest BCUT2D eigenvalue weighted by Gasteiger charge is -2.37. The van der Waals surface area contributed by atoms with Gasteiger partial charge in [0.25, 0.3) is 0 Å². The molecule has 0 bridgehead atoms. The van der Waals surface area contributed by atoms with Crippen molar-refractivity contribution in [1.29, 1.82) is 0 Å². The average molecular weight is 303 g/mol. The van der Waals surface area contributed by atoms with E-state index in [4.69, 9.17) is 33.7 Å². The summed E-state index contributed by atoms with van der Waals surface area (Å²) in [5, 5.41) is 1.36. The summed E-state index contributed by atoms with van der Waals surface area (Å²) in [6.07, 6.45) is 2.05. The molecule has 1 unspecified atom stereocenters. The summed E-state index contributed by atoms with van der Waals surface area (Å²) in [7, 11) is 2.09. The molecule has 0 aliphatic carbocycles. The Morgan fingerprint density at radius 3 is 2.42 bits per heavy atom. The standard InChI is InChI=1S/C14H20Cl2N2O/c1-18(10-5-7-19-8-6-10)13(9-17)14-11(15)3-2-4-12(14)16/h2-4,10,13H,5-9,17H2,1H3. The minimum Gasteiger partial charge on any atom is -0.381 e.